The summed E-state index contributed by atoms with van der Waals surface area (Å²) in [6.07, 6.45) is 0. The number of nitrogens with two attached hydrogens (primary N) is 1. The lowest BCUT2D eigenvalue weighted by Gasteiger charge is -2.00. The van der Waals surface area contributed by atoms with E-state index in [0.717, 1.165) is 9.64 Å². The number of nitrogen functional groups attached to an aromatic ring is 1. The lowest BCUT2D eigenvalue weighted by molar-refractivity contribution is -0.384. The van der Waals surface area contributed by atoms with Crippen molar-refractivity contribution < 1.29 is 14.8 Å². The summed E-state index contributed by atoms with van der Waals surface area (Å²) in [5, 5.41) is 28.7. The Morgan fingerprint density at radius 1 is 1.28 bits per heavy atom. The molecule has 25 heavy (non-hydrogen) atoms. The zero-order valence-corrected chi connectivity index (χ0v) is 14.6. The molecule has 0 aliphatic heterocycles. The summed E-state index contributed by atoms with van der Waals surface area (Å²) >= 11 is 2.10. The van der Waals surface area contributed by atoms with Gasteiger partial charge in [0, 0.05) is 26.8 Å². The predicted molar refractivity (Wildman–Crippen MR) is 99.0 cm³/mol. The number of azo groups is 1. The number of carbonyl (C=O) groups is 1. The number of rotatable bonds is 3. The maximum atomic E-state index is 12.2. The van der Waals surface area contributed by atoms with Crippen LogP contribution in [0.4, 0.5) is 17.1 Å². The number of benzene rings is 2. The summed E-state index contributed by atoms with van der Waals surface area (Å²) < 4.78 is 0.912. The van der Waals surface area contributed by atoms with Gasteiger partial charge in [-0.1, -0.05) is 0 Å². The normalized spacial score (nSPS) is 11.2. The van der Waals surface area contributed by atoms with Crippen LogP contribution < -0.4 is 5.73 Å². The molecule has 1 aromatic heterocycles. The van der Waals surface area contributed by atoms with Crippen molar-refractivity contribution in [2.75, 3.05) is 5.73 Å². The van der Waals surface area contributed by atoms with Crippen LogP contribution in [-0.4, -0.2) is 20.9 Å². The minimum absolute atomic E-state index is 0.0484. The molecule has 3 rings (SSSR count). The molecule has 0 saturated carbocycles. The van der Waals surface area contributed by atoms with Gasteiger partial charge in [-0.15, -0.1) is 10.2 Å². The van der Waals surface area contributed by atoms with Gasteiger partial charge in [-0.05, 0) is 46.9 Å². The summed E-state index contributed by atoms with van der Waals surface area (Å²) in [5.41, 5.74) is 6.05. The number of carbonyl (C=O) groups excluding carboxylic acids is 1. The third-order valence-electron chi connectivity index (χ3n) is 3.43. The first-order valence-corrected chi connectivity index (χ1v) is 7.95. The van der Waals surface area contributed by atoms with Gasteiger partial charge in [0.05, 0.1) is 16.0 Å². The molecular weight excluding hydrogens is 441 g/mol. The van der Waals surface area contributed by atoms with Crippen molar-refractivity contribution in [3.8, 4) is 5.88 Å². The van der Waals surface area contributed by atoms with Gasteiger partial charge in [0.15, 0.2) is 5.69 Å². The second kappa shape index (κ2) is 6.47. The first-order chi connectivity index (χ1) is 11.9. The van der Waals surface area contributed by atoms with E-state index in [9.17, 15) is 20.0 Å². The van der Waals surface area contributed by atoms with Crippen molar-refractivity contribution in [3.63, 3.8) is 0 Å². The maximum Gasteiger partial charge on any atom is 0.297 e. The van der Waals surface area contributed by atoms with Gasteiger partial charge in [0.25, 0.3) is 11.6 Å². The number of nitrogens with one attached hydrogen (secondary N) is 1. The maximum absolute atomic E-state index is 12.2. The molecule has 2 aromatic carbocycles. The SMILES string of the molecule is Nc1ccc([N+](=O)[O-])cc1C(=O)N=Nc1c(O)[nH]c2ccc(I)cc12. The van der Waals surface area contributed by atoms with Crippen LogP contribution in [0.1, 0.15) is 10.4 Å². The Balaban J connectivity index is 1.99. The summed E-state index contributed by atoms with van der Waals surface area (Å²) in [7, 11) is 0. The first kappa shape index (κ1) is 16.8. The summed E-state index contributed by atoms with van der Waals surface area (Å²) in [6, 6.07) is 8.86. The molecule has 126 valence electrons. The van der Waals surface area contributed by atoms with Crippen LogP contribution in [0.3, 0.4) is 0 Å². The summed E-state index contributed by atoms with van der Waals surface area (Å²) in [6.45, 7) is 0. The number of nitro groups is 1. The van der Waals surface area contributed by atoms with Crippen LogP contribution in [0.15, 0.2) is 46.6 Å². The molecule has 0 unspecified atom stereocenters. The van der Waals surface area contributed by atoms with Crippen molar-refractivity contribution in [2.24, 2.45) is 10.2 Å². The number of amides is 1. The largest absolute Gasteiger partial charge is 0.493 e. The fourth-order valence-corrected chi connectivity index (χ4v) is 2.72. The fourth-order valence-electron chi connectivity index (χ4n) is 2.23. The van der Waals surface area contributed by atoms with Gasteiger partial charge >= 0.3 is 0 Å². The Morgan fingerprint density at radius 3 is 2.76 bits per heavy atom. The van der Waals surface area contributed by atoms with Gasteiger partial charge in [0.2, 0.25) is 5.88 Å². The molecule has 0 bridgehead atoms. The lowest BCUT2D eigenvalue weighted by atomic mass is 10.1. The molecule has 4 N–H and O–H groups in total. The third kappa shape index (κ3) is 3.28. The van der Waals surface area contributed by atoms with Gasteiger partial charge in [0.1, 0.15) is 0 Å². The van der Waals surface area contributed by atoms with E-state index in [1.54, 1.807) is 12.1 Å². The molecule has 3 aromatic rings. The minimum atomic E-state index is -0.847. The first-order valence-electron chi connectivity index (χ1n) is 6.87. The van der Waals surface area contributed by atoms with Crippen molar-refractivity contribution in [1.29, 1.82) is 0 Å². The molecule has 0 fully saturated rings. The Bertz CT molecular complexity index is 1040. The summed E-state index contributed by atoms with van der Waals surface area (Å²) in [5.74, 6) is -1.08. The number of aromatic amines is 1. The number of nitro benzene ring substituents is 1. The molecule has 9 nitrogen and oxygen atoms in total. The molecule has 10 heteroatoms. The average molecular weight is 451 g/mol. The monoisotopic (exact) mass is 451 g/mol. The molecule has 0 spiro atoms. The van der Waals surface area contributed by atoms with Crippen molar-refractivity contribution in [1.82, 2.24) is 4.98 Å². The van der Waals surface area contributed by atoms with E-state index in [-0.39, 0.29) is 28.5 Å². The number of fused-ring (bicyclic) bond motifs is 1. The molecule has 0 atom stereocenters. The van der Waals surface area contributed by atoms with Crippen LogP contribution in [0, 0.1) is 13.7 Å². The number of H-pyrrole nitrogens is 1. The molecule has 1 heterocycles. The van der Waals surface area contributed by atoms with E-state index >= 15 is 0 Å². The lowest BCUT2D eigenvalue weighted by Crippen LogP contribution is -2.02. The Morgan fingerprint density at radius 2 is 2.04 bits per heavy atom. The van der Waals surface area contributed by atoms with E-state index in [2.05, 4.69) is 37.8 Å². The minimum Gasteiger partial charge on any atom is -0.493 e. The van der Waals surface area contributed by atoms with Crippen LogP contribution in [0.25, 0.3) is 10.9 Å². The molecule has 0 radical (unpaired) electrons. The number of anilines is 1. The molecule has 0 aliphatic rings. The Hall–Kier alpha value is -3.02. The molecule has 0 aliphatic carbocycles. The third-order valence-corrected chi connectivity index (χ3v) is 4.10. The van der Waals surface area contributed by atoms with E-state index in [1.807, 2.05) is 6.07 Å². The zero-order chi connectivity index (χ0) is 18.1. The highest BCUT2D eigenvalue weighted by molar-refractivity contribution is 14.1. The van der Waals surface area contributed by atoms with Gasteiger partial charge in [-0.25, -0.2) is 0 Å². The van der Waals surface area contributed by atoms with Crippen LogP contribution >= 0.6 is 22.6 Å². The zero-order valence-electron chi connectivity index (χ0n) is 12.4. The smallest absolute Gasteiger partial charge is 0.297 e. The van der Waals surface area contributed by atoms with E-state index in [0.29, 0.717) is 10.9 Å². The number of non-ortho nitro benzene ring substituents is 1. The van der Waals surface area contributed by atoms with E-state index in [4.69, 9.17) is 5.73 Å². The van der Waals surface area contributed by atoms with Crippen LogP contribution in [-0.2, 0) is 0 Å². The van der Waals surface area contributed by atoms with E-state index < -0.39 is 10.8 Å². The van der Waals surface area contributed by atoms with Gasteiger partial charge in [-0.3, -0.25) is 14.9 Å². The highest BCUT2D eigenvalue weighted by Gasteiger charge is 2.16. The Kier molecular flexibility index (Phi) is 4.35. The quantitative estimate of drug-likeness (QED) is 0.182. The van der Waals surface area contributed by atoms with Crippen LogP contribution in [0.5, 0.6) is 5.88 Å². The number of halogens is 1. The van der Waals surface area contributed by atoms with E-state index in [1.165, 1.54) is 12.1 Å². The highest BCUT2D eigenvalue weighted by atomic mass is 127. The van der Waals surface area contributed by atoms with Crippen LogP contribution in [0.2, 0.25) is 0 Å². The molecule has 0 saturated heterocycles. The number of aromatic hydroxyl groups is 1. The number of nitrogens with zero attached hydrogens (tertiary/aromatic N) is 3. The van der Waals surface area contributed by atoms with Gasteiger partial charge < -0.3 is 15.8 Å². The highest BCUT2D eigenvalue weighted by Crippen LogP contribution is 2.36. The molecule has 1 amide bonds. The Labute approximate surface area is 153 Å². The summed E-state index contributed by atoms with van der Waals surface area (Å²) in [4.78, 5) is 25.1. The standard InChI is InChI=1S/C15H10IN5O4/c16-7-1-4-12-10(5-7)13(15(23)18-12)19-20-14(22)9-6-8(21(24)25)2-3-11(9)17/h1-6,18,23H,17H2. The second-order valence-electron chi connectivity index (χ2n) is 5.05. The topological polar surface area (TPSA) is 147 Å². The van der Waals surface area contributed by atoms with Crippen molar-refractivity contribution in [3.05, 3.63) is 55.6 Å². The van der Waals surface area contributed by atoms with Crippen molar-refractivity contribution >= 4 is 56.5 Å². The van der Waals surface area contributed by atoms with Crippen molar-refractivity contribution in [2.45, 2.75) is 0 Å². The predicted octanol–water partition coefficient (Wildman–Crippen LogP) is 3.89. The second-order valence-corrected chi connectivity index (χ2v) is 6.29. The fraction of sp³-hybridized carbons (Fsp3) is 0. The molecular formula is C15H10IN5O4. The van der Waals surface area contributed by atoms with Gasteiger partial charge in [-0.2, -0.15) is 0 Å². The number of aromatic nitrogens is 1. The number of hydrogen-bond donors (Lipinski definition) is 3. The number of hydrogen-bond acceptors (Lipinski definition) is 6. The average Bonchev–Trinajstić information content (AvgIpc) is 2.87.